The van der Waals surface area contributed by atoms with E-state index in [0.717, 1.165) is 16.7 Å². The van der Waals surface area contributed by atoms with Crippen LogP contribution < -0.4 is 5.56 Å². The van der Waals surface area contributed by atoms with Gasteiger partial charge in [0.2, 0.25) is 5.78 Å². The molecule has 1 aliphatic rings. The van der Waals surface area contributed by atoms with E-state index in [4.69, 9.17) is 4.74 Å². The predicted octanol–water partition coefficient (Wildman–Crippen LogP) is 6.26. The summed E-state index contributed by atoms with van der Waals surface area (Å²) in [5, 5.41) is 23.4. The van der Waals surface area contributed by atoms with Crippen LogP contribution in [0.4, 0.5) is 13.2 Å². The molecule has 0 unspecified atom stereocenters. The van der Waals surface area contributed by atoms with Crippen molar-refractivity contribution >= 4 is 5.78 Å². The molecule has 11 heteroatoms. The Hall–Kier alpha value is -4.01. The second-order valence-electron chi connectivity index (χ2n) is 12.1. The standard InChI is InChI=1S/C33H36F3N5O3/c1-4-7-28-27(18-21-10-12-22(13-11-21)26-9-6-5-8-23(26)19-37)29(42)40(31-38-30(33(34,35)36)39-41(28)31)24-14-16-25(17-15-24)44-20-32(2,3)43/h5-6,8-13,24-25,43H,4,7,14-18,20H2,1-3H3. The molecule has 0 aliphatic heterocycles. The number of hydrogen-bond acceptors (Lipinski definition) is 6. The molecule has 5 rings (SSSR count). The topological polar surface area (TPSA) is 105 Å². The summed E-state index contributed by atoms with van der Waals surface area (Å²) in [6, 6.07) is 16.6. The van der Waals surface area contributed by atoms with Crippen molar-refractivity contribution in [2.45, 2.75) is 89.6 Å². The molecule has 0 spiro atoms. The lowest BCUT2D eigenvalue weighted by Gasteiger charge is -2.32. The average Bonchev–Trinajstić information content (AvgIpc) is 3.44. The number of ether oxygens (including phenoxy) is 1. The Morgan fingerprint density at radius 2 is 1.75 bits per heavy atom. The van der Waals surface area contributed by atoms with Gasteiger partial charge in [0.15, 0.2) is 0 Å². The maximum Gasteiger partial charge on any atom is 0.453 e. The van der Waals surface area contributed by atoms with Crippen LogP contribution in [0.5, 0.6) is 0 Å². The molecule has 1 aliphatic carbocycles. The van der Waals surface area contributed by atoms with Crippen LogP contribution in [-0.2, 0) is 23.8 Å². The van der Waals surface area contributed by atoms with E-state index in [1.807, 2.05) is 43.3 Å². The van der Waals surface area contributed by atoms with Gasteiger partial charge in [-0.2, -0.15) is 23.4 Å². The summed E-state index contributed by atoms with van der Waals surface area (Å²) in [5.41, 5.74) is 2.48. The van der Waals surface area contributed by atoms with Crippen molar-refractivity contribution in [3.63, 3.8) is 0 Å². The minimum absolute atomic E-state index is 0.0983. The Bertz CT molecular complexity index is 1720. The average molecular weight is 608 g/mol. The third-order valence-electron chi connectivity index (χ3n) is 8.00. The zero-order valence-electron chi connectivity index (χ0n) is 25.1. The van der Waals surface area contributed by atoms with Crippen LogP contribution in [0.1, 0.15) is 87.1 Å². The summed E-state index contributed by atoms with van der Waals surface area (Å²) in [4.78, 5) is 18.1. The van der Waals surface area contributed by atoms with Crippen LogP contribution in [0.3, 0.4) is 0 Å². The van der Waals surface area contributed by atoms with E-state index in [2.05, 4.69) is 16.2 Å². The number of aryl methyl sites for hydroxylation is 1. The van der Waals surface area contributed by atoms with E-state index >= 15 is 0 Å². The Morgan fingerprint density at radius 1 is 1.07 bits per heavy atom. The van der Waals surface area contributed by atoms with Gasteiger partial charge in [0, 0.05) is 18.0 Å². The first-order valence-electron chi connectivity index (χ1n) is 14.9. The number of aliphatic hydroxyl groups is 1. The molecule has 1 fully saturated rings. The van der Waals surface area contributed by atoms with Crippen molar-refractivity contribution in [2.24, 2.45) is 0 Å². The van der Waals surface area contributed by atoms with Crippen LogP contribution in [0.25, 0.3) is 16.9 Å². The van der Waals surface area contributed by atoms with E-state index in [0.29, 0.717) is 55.3 Å². The lowest BCUT2D eigenvalue weighted by molar-refractivity contribution is -0.144. The minimum atomic E-state index is -4.77. The fraction of sp³-hybridized carbons (Fsp3) is 0.455. The zero-order chi connectivity index (χ0) is 31.6. The Balaban J connectivity index is 1.55. The molecule has 0 atom stereocenters. The fourth-order valence-electron chi connectivity index (χ4n) is 5.88. The quantitative estimate of drug-likeness (QED) is 0.241. The fourth-order valence-corrected chi connectivity index (χ4v) is 5.88. The number of nitrogens with zero attached hydrogens (tertiary/aromatic N) is 5. The van der Waals surface area contributed by atoms with Crippen molar-refractivity contribution < 1.29 is 23.0 Å². The molecule has 2 heterocycles. The largest absolute Gasteiger partial charge is 0.453 e. The van der Waals surface area contributed by atoms with Gasteiger partial charge in [-0.15, -0.1) is 5.10 Å². The van der Waals surface area contributed by atoms with Gasteiger partial charge in [-0.05, 0) is 68.7 Å². The molecule has 8 nitrogen and oxygen atoms in total. The Morgan fingerprint density at radius 3 is 2.36 bits per heavy atom. The normalized spacial score (nSPS) is 17.6. The zero-order valence-corrected chi connectivity index (χ0v) is 25.1. The summed E-state index contributed by atoms with van der Waals surface area (Å²) in [6.45, 7) is 5.40. The van der Waals surface area contributed by atoms with E-state index in [9.17, 15) is 28.3 Å². The van der Waals surface area contributed by atoms with Crippen molar-refractivity contribution in [1.29, 1.82) is 5.26 Å². The van der Waals surface area contributed by atoms with Gasteiger partial charge in [-0.3, -0.25) is 9.36 Å². The minimum Gasteiger partial charge on any atom is -0.388 e. The van der Waals surface area contributed by atoms with E-state index in [-0.39, 0.29) is 36.5 Å². The lowest BCUT2D eigenvalue weighted by Crippen LogP contribution is -2.36. The molecule has 1 N–H and O–H groups in total. The maximum absolute atomic E-state index is 14.3. The first-order chi connectivity index (χ1) is 20.9. The first-order valence-corrected chi connectivity index (χ1v) is 14.9. The summed E-state index contributed by atoms with van der Waals surface area (Å²) in [5.74, 6) is -1.37. The summed E-state index contributed by atoms with van der Waals surface area (Å²) < 4.78 is 50.0. The van der Waals surface area contributed by atoms with Gasteiger partial charge in [-0.1, -0.05) is 55.8 Å². The molecule has 0 amide bonds. The van der Waals surface area contributed by atoms with Gasteiger partial charge >= 0.3 is 6.18 Å². The number of hydrogen-bond donors (Lipinski definition) is 1. The first kappa shape index (κ1) is 31.4. The number of halogens is 3. The molecule has 0 radical (unpaired) electrons. The molecule has 1 saturated carbocycles. The van der Waals surface area contributed by atoms with Crippen molar-refractivity contribution in [2.75, 3.05) is 6.61 Å². The summed E-state index contributed by atoms with van der Waals surface area (Å²) >= 11 is 0. The van der Waals surface area contributed by atoms with Gasteiger partial charge in [-0.25, -0.2) is 4.52 Å². The molecule has 2 aromatic heterocycles. The van der Waals surface area contributed by atoms with Gasteiger partial charge < -0.3 is 9.84 Å². The Labute approximate surface area is 253 Å². The summed E-state index contributed by atoms with van der Waals surface area (Å²) in [6.07, 6.45) is -1.51. The summed E-state index contributed by atoms with van der Waals surface area (Å²) in [7, 11) is 0. The van der Waals surface area contributed by atoms with Crippen LogP contribution in [0.15, 0.2) is 53.3 Å². The number of aromatic nitrogens is 4. The molecule has 0 bridgehead atoms. The number of fused-ring (bicyclic) bond motifs is 1. The smallest absolute Gasteiger partial charge is 0.388 e. The van der Waals surface area contributed by atoms with Gasteiger partial charge in [0.25, 0.3) is 11.4 Å². The molecule has 2 aromatic carbocycles. The van der Waals surface area contributed by atoms with Gasteiger partial charge in [0.1, 0.15) is 0 Å². The van der Waals surface area contributed by atoms with Gasteiger partial charge in [0.05, 0.1) is 35.6 Å². The molecular formula is C33H36F3N5O3. The third-order valence-corrected chi connectivity index (χ3v) is 8.00. The van der Waals surface area contributed by atoms with Crippen LogP contribution >= 0.6 is 0 Å². The van der Waals surface area contributed by atoms with Crippen LogP contribution in [0, 0.1) is 11.3 Å². The van der Waals surface area contributed by atoms with E-state index in [1.165, 1.54) is 9.08 Å². The molecule has 0 saturated heterocycles. The van der Waals surface area contributed by atoms with E-state index in [1.54, 1.807) is 26.0 Å². The second kappa shape index (κ2) is 12.5. The van der Waals surface area contributed by atoms with Crippen LogP contribution in [-0.4, -0.2) is 42.6 Å². The number of alkyl halides is 3. The molecule has 44 heavy (non-hydrogen) atoms. The maximum atomic E-state index is 14.3. The predicted molar refractivity (Wildman–Crippen MR) is 159 cm³/mol. The van der Waals surface area contributed by atoms with Crippen molar-refractivity contribution in [3.05, 3.63) is 87.1 Å². The van der Waals surface area contributed by atoms with E-state index < -0.39 is 17.6 Å². The highest BCUT2D eigenvalue weighted by Crippen LogP contribution is 2.33. The second-order valence-corrected chi connectivity index (χ2v) is 12.1. The SMILES string of the molecule is CCCc1c(Cc2ccc(-c3ccccc3C#N)cc2)c(=O)n(C2CCC(OCC(C)(C)O)CC2)c2nc(C(F)(F)F)nn12. The highest BCUT2D eigenvalue weighted by atomic mass is 19.4. The number of nitriles is 1. The number of rotatable bonds is 9. The highest BCUT2D eigenvalue weighted by molar-refractivity contribution is 5.70. The number of benzene rings is 2. The van der Waals surface area contributed by atoms with Crippen LogP contribution in [0.2, 0.25) is 0 Å². The highest BCUT2D eigenvalue weighted by Gasteiger charge is 2.38. The van der Waals surface area contributed by atoms with Crippen molar-refractivity contribution in [1.82, 2.24) is 19.2 Å². The Kier molecular flexibility index (Phi) is 8.95. The molecular weight excluding hydrogens is 571 g/mol. The molecule has 232 valence electrons. The lowest BCUT2D eigenvalue weighted by atomic mass is 9.92. The monoisotopic (exact) mass is 607 g/mol. The van der Waals surface area contributed by atoms with Crippen molar-refractivity contribution in [3.8, 4) is 17.2 Å². The molecule has 4 aromatic rings. The third kappa shape index (κ3) is 6.71.